The Morgan fingerprint density at radius 1 is 1.21 bits per heavy atom. The predicted octanol–water partition coefficient (Wildman–Crippen LogP) is 7.08. The molecular weight excluding hydrogens is 808 g/mol. The van der Waals surface area contributed by atoms with E-state index in [2.05, 4.69) is 79.1 Å². The molecule has 2 aliphatic rings. The number of methoxy groups -OCH3 is 1. The van der Waals surface area contributed by atoms with Crippen molar-refractivity contribution >= 4 is 45.9 Å². The molecule has 0 saturated carbocycles. The second kappa shape index (κ2) is 18.6. The molecule has 5 heterocycles. The maximum absolute atomic E-state index is 14.1. The number of amides is 2. The summed E-state index contributed by atoms with van der Waals surface area (Å²) in [5.41, 5.74) is 9.37. The number of pyridine rings is 1. The average Bonchev–Trinajstić information content (AvgIpc) is 3.77. The topological polar surface area (TPSA) is 140 Å². The van der Waals surface area contributed by atoms with E-state index in [1.54, 1.807) is 27.9 Å². The number of hydrogen-bond acceptors (Lipinski definition) is 11. The molecule has 13 nitrogen and oxygen atoms in total. The van der Waals surface area contributed by atoms with E-state index in [1.807, 2.05) is 18.5 Å². The molecule has 1 fully saturated rings. The number of nitrogens with one attached hydrogen (secondary N) is 2. The zero-order chi connectivity index (χ0) is 41.2. The van der Waals surface area contributed by atoms with E-state index in [1.165, 1.54) is 16.3 Å². The van der Waals surface area contributed by atoms with Crippen LogP contribution in [-0.4, -0.2) is 88.5 Å². The van der Waals surface area contributed by atoms with Crippen molar-refractivity contribution in [1.82, 2.24) is 30.3 Å². The molecule has 6 rings (SSSR count). The van der Waals surface area contributed by atoms with Crippen LogP contribution >= 0.6 is 11.3 Å². The Morgan fingerprint density at radius 2 is 1.95 bits per heavy atom. The van der Waals surface area contributed by atoms with Crippen molar-refractivity contribution in [2.45, 2.75) is 104 Å². The number of carbonyl (C=O) groups is 3. The van der Waals surface area contributed by atoms with Gasteiger partial charge in [0.05, 0.1) is 46.7 Å². The van der Waals surface area contributed by atoms with E-state index in [4.69, 9.17) is 24.2 Å². The van der Waals surface area contributed by atoms with Gasteiger partial charge in [0.15, 0.2) is 0 Å². The zero-order valence-electron chi connectivity index (χ0n) is 35.3. The van der Waals surface area contributed by atoms with E-state index in [9.17, 15) is 14.4 Å². The number of hydrazine groups is 1. The van der Waals surface area contributed by atoms with Gasteiger partial charge in [0.1, 0.15) is 17.7 Å². The number of aryl methyl sites for hydroxylation is 1. The molecule has 308 valence electrons. The summed E-state index contributed by atoms with van der Waals surface area (Å²) in [7, 11) is 1.69. The van der Waals surface area contributed by atoms with Gasteiger partial charge in [-0.2, -0.15) is 0 Å². The molecule has 4 aromatic rings. The van der Waals surface area contributed by atoms with Gasteiger partial charge < -0.3 is 42.8 Å². The van der Waals surface area contributed by atoms with E-state index in [0.717, 1.165) is 50.4 Å². The standard InChI is InChI=1S/C43H57N7O6S.Zn/c1-11-48(12-2)28-20-30(37(44-23-28)26(4)54-10)38-31-22-43(8,9)25-55-40(52)32-15-14-18-50(47-32)39(51)33(46-41(53)56-42(5,6)7)21-36-45-34(24-57-36)27-16-17-35(29(31)19-27)49(38)13-3;/h16-17,19-20,23-24,26,32-33,47H,1-2,11-15,18,21-22,25H2,3-10H3,(H,46,53);/q-2;+2/t26-,32-,33-;/m0./s1. The molecular formula is C43H57N7O6SZn. The summed E-state index contributed by atoms with van der Waals surface area (Å²) < 4.78 is 19.8. The van der Waals surface area contributed by atoms with Crippen LogP contribution in [0.15, 0.2) is 35.8 Å². The van der Waals surface area contributed by atoms with Gasteiger partial charge in [-0.3, -0.25) is 19.6 Å². The van der Waals surface area contributed by atoms with Crippen molar-refractivity contribution in [3.05, 3.63) is 66.0 Å². The number of fused-ring (bicyclic) bond motifs is 6. The minimum absolute atomic E-state index is 0. The predicted molar refractivity (Wildman–Crippen MR) is 223 cm³/mol. The van der Waals surface area contributed by atoms with Crippen molar-refractivity contribution in [3.63, 3.8) is 0 Å². The summed E-state index contributed by atoms with van der Waals surface area (Å²) in [5.74, 6) is -0.818. The van der Waals surface area contributed by atoms with Crippen LogP contribution < -0.4 is 15.6 Å². The van der Waals surface area contributed by atoms with Gasteiger partial charge in [0.25, 0.3) is 5.91 Å². The SMILES string of the molecule is [CH2-]CN(C[CH2-])c1cnc([C@H](C)OC)c(-c2c3c4cc(ccc4n2CC)-c2csc(n2)C[C@H](NC(=O)OC(C)(C)C)C(=O)N2CCC[C@H](N2)C(=O)OCC(C)(C)C3)c1.[Zn+2]. The molecule has 0 aliphatic carbocycles. The maximum atomic E-state index is 14.1. The quantitative estimate of drug-likeness (QED) is 0.107. The number of esters is 1. The van der Waals surface area contributed by atoms with E-state index >= 15 is 0 Å². The number of hydrogen-bond donors (Lipinski definition) is 2. The summed E-state index contributed by atoms with van der Waals surface area (Å²) >= 11 is 1.43. The third-order valence-corrected chi connectivity index (χ3v) is 11.4. The van der Waals surface area contributed by atoms with Crippen molar-refractivity contribution in [2.24, 2.45) is 5.41 Å². The minimum Gasteiger partial charge on any atom is -0.464 e. The van der Waals surface area contributed by atoms with Gasteiger partial charge in [-0.25, -0.2) is 15.2 Å². The fraction of sp³-hybridized carbons (Fsp3) is 0.512. The van der Waals surface area contributed by atoms with Crippen molar-refractivity contribution in [2.75, 3.05) is 38.3 Å². The molecule has 2 N–H and O–H groups in total. The van der Waals surface area contributed by atoms with Crippen LogP contribution in [0.4, 0.5) is 10.5 Å². The number of alkyl carbamates (subject to hydrolysis) is 1. The summed E-state index contributed by atoms with van der Waals surface area (Å²) in [4.78, 5) is 52.9. The Hall–Kier alpha value is -3.91. The Bertz CT molecular complexity index is 2110. The minimum atomic E-state index is -0.995. The van der Waals surface area contributed by atoms with Gasteiger partial charge in [-0.15, -0.1) is 24.4 Å². The van der Waals surface area contributed by atoms with Gasteiger partial charge in [0, 0.05) is 59.4 Å². The van der Waals surface area contributed by atoms with Gasteiger partial charge in [-0.05, 0) is 77.6 Å². The molecule has 6 bridgehead atoms. The molecule has 1 aromatic carbocycles. The smallest absolute Gasteiger partial charge is 0.464 e. The van der Waals surface area contributed by atoms with Crippen molar-refractivity contribution in [1.29, 1.82) is 0 Å². The summed E-state index contributed by atoms with van der Waals surface area (Å²) in [6, 6.07) is 6.83. The molecule has 0 spiro atoms. The van der Waals surface area contributed by atoms with Crippen LogP contribution in [0.5, 0.6) is 0 Å². The summed E-state index contributed by atoms with van der Waals surface area (Å²) in [5, 5.41) is 7.92. The third kappa shape index (κ3) is 9.92. The molecule has 3 atom stereocenters. The van der Waals surface area contributed by atoms with Crippen LogP contribution in [0.3, 0.4) is 0 Å². The van der Waals surface area contributed by atoms with Crippen LogP contribution in [0, 0.1) is 19.3 Å². The van der Waals surface area contributed by atoms with Crippen molar-refractivity contribution in [3.8, 4) is 22.5 Å². The largest absolute Gasteiger partial charge is 2.00 e. The van der Waals surface area contributed by atoms with E-state index in [-0.39, 0.29) is 44.5 Å². The van der Waals surface area contributed by atoms with Gasteiger partial charge >= 0.3 is 31.5 Å². The first kappa shape index (κ1) is 45.2. The summed E-state index contributed by atoms with van der Waals surface area (Å²) in [6.45, 7) is 24.2. The van der Waals surface area contributed by atoms with Gasteiger partial charge in [-0.1, -0.05) is 19.9 Å². The van der Waals surface area contributed by atoms with E-state index in [0.29, 0.717) is 50.4 Å². The van der Waals surface area contributed by atoms with Crippen LogP contribution in [0.25, 0.3) is 33.4 Å². The molecule has 2 aliphatic heterocycles. The number of carbonyl (C=O) groups excluding carboxylic acids is 3. The number of thiazole rings is 1. The Kier molecular flexibility index (Phi) is 14.5. The number of cyclic esters (lactones) is 1. The van der Waals surface area contributed by atoms with E-state index < -0.39 is 35.2 Å². The summed E-state index contributed by atoms with van der Waals surface area (Å²) in [6.07, 6.45) is 2.65. The van der Waals surface area contributed by atoms with Gasteiger partial charge in [0.2, 0.25) is 0 Å². The maximum Gasteiger partial charge on any atom is 2.00 e. The fourth-order valence-electron chi connectivity index (χ4n) is 7.59. The Labute approximate surface area is 359 Å². The van der Waals surface area contributed by atoms with Crippen LogP contribution in [0.1, 0.15) is 83.7 Å². The Balaban J connectivity index is 0.00000641. The molecule has 1 saturated heterocycles. The molecule has 3 aromatic heterocycles. The molecule has 58 heavy (non-hydrogen) atoms. The number of aromatic nitrogens is 3. The monoisotopic (exact) mass is 863 g/mol. The molecule has 2 amide bonds. The average molecular weight is 865 g/mol. The number of anilines is 1. The normalized spacial score (nSPS) is 19.2. The van der Waals surface area contributed by atoms with Crippen LogP contribution in [0.2, 0.25) is 0 Å². The van der Waals surface area contributed by atoms with Crippen molar-refractivity contribution < 1.29 is 48.1 Å². The fourth-order valence-corrected chi connectivity index (χ4v) is 8.44. The first-order valence-corrected chi connectivity index (χ1v) is 20.6. The number of rotatable bonds is 8. The molecule has 15 heteroatoms. The first-order valence-electron chi connectivity index (χ1n) is 19.8. The third-order valence-electron chi connectivity index (χ3n) is 10.5. The number of nitrogens with zero attached hydrogens (tertiary/aromatic N) is 5. The number of ether oxygens (including phenoxy) is 3. The molecule has 0 unspecified atom stereocenters. The number of benzene rings is 1. The zero-order valence-corrected chi connectivity index (χ0v) is 39.1. The first-order chi connectivity index (χ1) is 27.1. The molecule has 0 radical (unpaired) electrons. The second-order valence-corrected chi connectivity index (χ2v) is 17.5. The van der Waals surface area contributed by atoms with Crippen LogP contribution in [-0.2, 0) is 62.7 Å². The Morgan fingerprint density at radius 3 is 2.62 bits per heavy atom. The second-order valence-electron chi connectivity index (χ2n) is 16.6.